The lowest BCUT2D eigenvalue weighted by atomic mass is 10.1. The van der Waals surface area contributed by atoms with Crippen LogP contribution in [0.1, 0.15) is 11.7 Å². The van der Waals surface area contributed by atoms with Gasteiger partial charge in [-0.25, -0.2) is 0 Å². The van der Waals surface area contributed by atoms with E-state index in [1.165, 1.54) is 36.4 Å². The van der Waals surface area contributed by atoms with E-state index in [9.17, 15) is 17.7 Å². The highest BCUT2D eigenvalue weighted by atomic mass is 35.7. The molecule has 22 heavy (non-hydrogen) atoms. The molecule has 2 aromatic carbocycles. The molecule has 2 atom stereocenters. The summed E-state index contributed by atoms with van der Waals surface area (Å²) in [5.74, 6) is 0. The van der Waals surface area contributed by atoms with Crippen molar-refractivity contribution in [3.8, 4) is 0 Å². The van der Waals surface area contributed by atoms with E-state index in [1.54, 1.807) is 6.07 Å². The van der Waals surface area contributed by atoms with Gasteiger partial charge in [-0.2, -0.15) is 13.2 Å². The van der Waals surface area contributed by atoms with E-state index in [2.05, 4.69) is 0 Å². The Morgan fingerprint density at radius 2 is 1.55 bits per heavy atom. The van der Waals surface area contributed by atoms with Crippen LogP contribution in [-0.4, -0.2) is 6.18 Å². The molecule has 0 amide bonds. The van der Waals surface area contributed by atoms with E-state index in [1.807, 2.05) is 0 Å². The second kappa shape index (κ2) is 6.63. The molecule has 2 rings (SSSR count). The quantitative estimate of drug-likeness (QED) is 0.645. The second-order valence-electron chi connectivity index (χ2n) is 4.39. The van der Waals surface area contributed by atoms with Crippen molar-refractivity contribution in [1.29, 1.82) is 0 Å². The molecule has 0 N–H and O–H groups in total. The summed E-state index contributed by atoms with van der Waals surface area (Å²) in [6.07, 6.45) is -7.18. The maximum absolute atomic E-state index is 13.2. The molecule has 8 heteroatoms. The fourth-order valence-electron chi connectivity index (χ4n) is 1.75. The highest BCUT2D eigenvalue weighted by Crippen LogP contribution is 2.57. The average molecular weight is 369 g/mol. The standard InChI is InChI=1S/C14H10Cl2F3O2P/c15-11-8-6-10(7-9-11)13(14(17,18)19)21-22(16,20)12-4-2-1-3-5-12/h1-9,13H. The van der Waals surface area contributed by atoms with Crippen LogP contribution >= 0.6 is 29.6 Å². The largest absolute Gasteiger partial charge is 0.419 e. The van der Waals surface area contributed by atoms with Gasteiger partial charge in [0.2, 0.25) is 0 Å². The Bertz CT molecular complexity index is 675. The molecule has 0 heterocycles. The Morgan fingerprint density at radius 1 is 1.00 bits per heavy atom. The molecular weight excluding hydrogens is 359 g/mol. The van der Waals surface area contributed by atoms with Crippen molar-refractivity contribution in [2.45, 2.75) is 12.3 Å². The fourth-order valence-corrected chi connectivity index (χ4v) is 3.62. The Balaban J connectivity index is 2.36. The predicted octanol–water partition coefficient (Wildman–Crippen LogP) is 5.72. The number of rotatable bonds is 4. The zero-order valence-electron chi connectivity index (χ0n) is 10.9. The molecule has 2 nitrogen and oxygen atoms in total. The minimum Gasteiger partial charge on any atom is -0.296 e. The topological polar surface area (TPSA) is 26.3 Å². The van der Waals surface area contributed by atoms with Crippen LogP contribution in [0.25, 0.3) is 0 Å². The van der Waals surface area contributed by atoms with Crippen molar-refractivity contribution >= 4 is 34.9 Å². The molecule has 0 fully saturated rings. The summed E-state index contributed by atoms with van der Waals surface area (Å²) in [6.45, 7) is -4.16. The SMILES string of the molecule is O=P(Cl)(OC(c1ccc(Cl)cc1)C(F)(F)F)c1ccccc1. The van der Waals surface area contributed by atoms with Crippen LogP contribution < -0.4 is 5.30 Å². The molecule has 0 saturated heterocycles. The molecule has 118 valence electrons. The highest BCUT2D eigenvalue weighted by molar-refractivity contribution is 7.91. The summed E-state index contributed by atoms with van der Waals surface area (Å²) >= 11 is 11.4. The summed E-state index contributed by atoms with van der Waals surface area (Å²) in [6, 6.07) is 12.2. The number of halogens is 5. The Labute approximate surface area is 135 Å². The van der Waals surface area contributed by atoms with Crippen LogP contribution in [0.15, 0.2) is 54.6 Å². The van der Waals surface area contributed by atoms with Gasteiger partial charge in [0.05, 0.1) is 5.30 Å². The average Bonchev–Trinajstić information content (AvgIpc) is 2.46. The molecule has 2 unspecified atom stereocenters. The van der Waals surface area contributed by atoms with Gasteiger partial charge < -0.3 is 0 Å². The molecule has 0 aromatic heterocycles. The summed E-state index contributed by atoms with van der Waals surface area (Å²) in [5.41, 5.74) is -0.228. The molecular formula is C14H10Cl2F3O2P. The third kappa shape index (κ3) is 4.26. The Hall–Kier alpha value is -1.00. The van der Waals surface area contributed by atoms with E-state index < -0.39 is 19.0 Å². The summed E-state index contributed by atoms with van der Waals surface area (Å²) < 4.78 is 56.7. The summed E-state index contributed by atoms with van der Waals surface area (Å²) in [5, 5.41) is 0.279. The molecule has 0 aliphatic heterocycles. The third-order valence-corrected chi connectivity index (χ3v) is 5.25. The molecule has 0 saturated carbocycles. The van der Waals surface area contributed by atoms with Crippen molar-refractivity contribution in [2.75, 3.05) is 0 Å². The summed E-state index contributed by atoms with van der Waals surface area (Å²) in [4.78, 5) is 0. The van der Waals surface area contributed by atoms with E-state index in [0.717, 1.165) is 12.1 Å². The normalized spacial score (nSPS) is 16.0. The first kappa shape index (κ1) is 17.4. The predicted molar refractivity (Wildman–Crippen MR) is 80.9 cm³/mol. The number of benzene rings is 2. The monoisotopic (exact) mass is 368 g/mol. The first-order chi connectivity index (χ1) is 10.2. The first-order valence-electron chi connectivity index (χ1n) is 6.06. The van der Waals surface area contributed by atoms with E-state index in [-0.39, 0.29) is 15.9 Å². The number of hydrogen-bond donors (Lipinski definition) is 0. The molecule has 0 radical (unpaired) electrons. The molecule has 2 aromatic rings. The van der Waals surface area contributed by atoms with Gasteiger partial charge in [0.25, 0.3) is 0 Å². The van der Waals surface area contributed by atoms with Gasteiger partial charge in [0, 0.05) is 5.02 Å². The molecule has 0 aliphatic rings. The maximum atomic E-state index is 13.2. The Kier molecular flexibility index (Phi) is 5.23. The maximum Gasteiger partial charge on any atom is 0.419 e. The zero-order valence-corrected chi connectivity index (χ0v) is 13.3. The van der Waals surface area contributed by atoms with Gasteiger partial charge in [0.15, 0.2) is 6.10 Å². The third-order valence-electron chi connectivity index (χ3n) is 2.78. The van der Waals surface area contributed by atoms with Crippen molar-refractivity contribution in [2.24, 2.45) is 0 Å². The van der Waals surface area contributed by atoms with E-state index in [4.69, 9.17) is 27.4 Å². The van der Waals surface area contributed by atoms with E-state index in [0.29, 0.717) is 0 Å². The molecule has 0 spiro atoms. The lowest BCUT2D eigenvalue weighted by Gasteiger charge is -2.23. The van der Waals surface area contributed by atoms with Crippen molar-refractivity contribution in [3.05, 3.63) is 65.2 Å². The van der Waals surface area contributed by atoms with Crippen LogP contribution in [-0.2, 0) is 9.09 Å². The minimum atomic E-state index is -4.77. The van der Waals surface area contributed by atoms with Gasteiger partial charge in [-0.3, -0.25) is 9.09 Å². The lowest BCUT2D eigenvalue weighted by molar-refractivity contribution is -0.196. The van der Waals surface area contributed by atoms with Gasteiger partial charge in [0.1, 0.15) is 0 Å². The first-order valence-corrected chi connectivity index (χ1v) is 8.97. The second-order valence-corrected chi connectivity index (χ2v) is 7.85. The van der Waals surface area contributed by atoms with Crippen LogP contribution in [0.5, 0.6) is 0 Å². The molecule has 0 bridgehead atoms. The van der Waals surface area contributed by atoms with Crippen LogP contribution in [0.4, 0.5) is 13.2 Å². The van der Waals surface area contributed by atoms with Gasteiger partial charge in [-0.1, -0.05) is 41.9 Å². The van der Waals surface area contributed by atoms with Crippen molar-refractivity contribution in [3.63, 3.8) is 0 Å². The van der Waals surface area contributed by atoms with Gasteiger partial charge in [-0.15, -0.1) is 0 Å². The smallest absolute Gasteiger partial charge is 0.296 e. The Morgan fingerprint density at radius 3 is 2.05 bits per heavy atom. The lowest BCUT2D eigenvalue weighted by Crippen LogP contribution is -2.23. The van der Waals surface area contributed by atoms with Crippen LogP contribution in [0, 0.1) is 0 Å². The zero-order chi connectivity index (χ0) is 16.4. The highest BCUT2D eigenvalue weighted by Gasteiger charge is 2.46. The van der Waals surface area contributed by atoms with Crippen molar-refractivity contribution in [1.82, 2.24) is 0 Å². The summed E-state index contributed by atoms with van der Waals surface area (Å²) in [7, 11) is 0. The van der Waals surface area contributed by atoms with Crippen LogP contribution in [0.2, 0.25) is 5.02 Å². The number of hydrogen-bond acceptors (Lipinski definition) is 2. The number of alkyl halides is 3. The fraction of sp³-hybridized carbons (Fsp3) is 0.143. The van der Waals surface area contributed by atoms with Gasteiger partial charge >= 0.3 is 12.9 Å². The van der Waals surface area contributed by atoms with E-state index >= 15 is 0 Å². The van der Waals surface area contributed by atoms with Crippen LogP contribution in [0.3, 0.4) is 0 Å². The van der Waals surface area contributed by atoms with Gasteiger partial charge in [-0.05, 0) is 41.1 Å². The van der Waals surface area contributed by atoms with Crippen molar-refractivity contribution < 1.29 is 22.3 Å². The minimum absolute atomic E-state index is 0.000111. The molecule has 0 aliphatic carbocycles.